The van der Waals surface area contributed by atoms with Crippen LogP contribution in [0.2, 0.25) is 0 Å². The van der Waals surface area contributed by atoms with Crippen LogP contribution in [0.25, 0.3) is 10.9 Å². The maximum Gasteiger partial charge on any atom is 0.240 e. The molecule has 0 saturated carbocycles. The van der Waals surface area contributed by atoms with Crippen molar-refractivity contribution in [3.05, 3.63) is 64.3 Å². The minimum Gasteiger partial charge on any atom is -0.358 e. The molecule has 0 bridgehead atoms. The third kappa shape index (κ3) is 2.90. The van der Waals surface area contributed by atoms with Crippen molar-refractivity contribution < 1.29 is 8.42 Å². The van der Waals surface area contributed by atoms with E-state index in [9.17, 15) is 8.42 Å². The molecule has 4 rings (SSSR count). The van der Waals surface area contributed by atoms with Gasteiger partial charge in [0.15, 0.2) is 0 Å². The molecule has 0 radical (unpaired) electrons. The van der Waals surface area contributed by atoms with E-state index in [-0.39, 0.29) is 6.04 Å². The SMILES string of the molecule is O=S(=O)(NC1CCc2c([nH]c3ccccc23)C1)c1ccc(Br)cc1. The van der Waals surface area contributed by atoms with Crippen LogP contribution in [0.1, 0.15) is 17.7 Å². The summed E-state index contributed by atoms with van der Waals surface area (Å²) in [5.41, 5.74) is 3.59. The number of aromatic nitrogens is 1. The molecular formula is C18H17BrN2O2S. The van der Waals surface area contributed by atoms with Crippen molar-refractivity contribution in [1.82, 2.24) is 9.71 Å². The van der Waals surface area contributed by atoms with E-state index in [4.69, 9.17) is 0 Å². The maximum atomic E-state index is 12.6. The van der Waals surface area contributed by atoms with Crippen LogP contribution in [-0.4, -0.2) is 19.4 Å². The van der Waals surface area contributed by atoms with Gasteiger partial charge in [-0.05, 0) is 48.7 Å². The molecule has 2 aromatic carbocycles. The van der Waals surface area contributed by atoms with Gasteiger partial charge in [-0.15, -0.1) is 0 Å². The number of hydrogen-bond donors (Lipinski definition) is 2. The highest BCUT2D eigenvalue weighted by atomic mass is 79.9. The molecule has 4 nitrogen and oxygen atoms in total. The van der Waals surface area contributed by atoms with E-state index in [2.05, 4.69) is 37.8 Å². The molecular weight excluding hydrogens is 388 g/mol. The van der Waals surface area contributed by atoms with Crippen LogP contribution in [-0.2, 0) is 22.9 Å². The van der Waals surface area contributed by atoms with Gasteiger partial charge in [0.2, 0.25) is 10.0 Å². The second kappa shape index (κ2) is 6.02. The second-order valence-corrected chi connectivity index (χ2v) is 8.77. The minimum absolute atomic E-state index is 0.0841. The Morgan fingerprint density at radius 3 is 2.62 bits per heavy atom. The van der Waals surface area contributed by atoms with E-state index in [1.165, 1.54) is 10.9 Å². The summed E-state index contributed by atoms with van der Waals surface area (Å²) in [6.45, 7) is 0. The Balaban J connectivity index is 1.57. The van der Waals surface area contributed by atoms with Crippen LogP contribution in [0.15, 0.2) is 57.9 Å². The zero-order chi connectivity index (χ0) is 16.7. The predicted molar refractivity (Wildman–Crippen MR) is 98.6 cm³/mol. The van der Waals surface area contributed by atoms with Gasteiger partial charge >= 0.3 is 0 Å². The lowest BCUT2D eigenvalue weighted by molar-refractivity contribution is 0.505. The summed E-state index contributed by atoms with van der Waals surface area (Å²) in [6, 6.07) is 14.9. The van der Waals surface area contributed by atoms with Crippen molar-refractivity contribution in [3.8, 4) is 0 Å². The van der Waals surface area contributed by atoms with Gasteiger partial charge in [-0.3, -0.25) is 0 Å². The summed E-state index contributed by atoms with van der Waals surface area (Å²) in [7, 11) is -3.49. The van der Waals surface area contributed by atoms with E-state index in [0.29, 0.717) is 11.3 Å². The van der Waals surface area contributed by atoms with Gasteiger partial charge in [-0.25, -0.2) is 13.1 Å². The Labute approximate surface area is 149 Å². The summed E-state index contributed by atoms with van der Waals surface area (Å²) < 4.78 is 28.8. The van der Waals surface area contributed by atoms with Gasteiger partial charge in [0.25, 0.3) is 0 Å². The predicted octanol–water partition coefficient (Wildman–Crippen LogP) is 3.77. The third-order valence-electron chi connectivity index (χ3n) is 4.54. The van der Waals surface area contributed by atoms with E-state index >= 15 is 0 Å². The Kier molecular flexibility index (Phi) is 3.98. The highest BCUT2D eigenvalue weighted by Crippen LogP contribution is 2.29. The molecule has 3 aromatic rings. The molecule has 0 saturated heterocycles. The molecule has 1 aliphatic carbocycles. The first-order valence-electron chi connectivity index (χ1n) is 7.89. The first-order chi connectivity index (χ1) is 11.5. The molecule has 1 aromatic heterocycles. The highest BCUT2D eigenvalue weighted by Gasteiger charge is 2.26. The quantitative estimate of drug-likeness (QED) is 0.697. The number of hydrogen-bond acceptors (Lipinski definition) is 2. The zero-order valence-electron chi connectivity index (χ0n) is 12.9. The van der Waals surface area contributed by atoms with Gasteiger partial charge in [0.1, 0.15) is 0 Å². The number of aryl methyl sites for hydroxylation is 1. The first-order valence-corrected chi connectivity index (χ1v) is 10.2. The molecule has 0 amide bonds. The van der Waals surface area contributed by atoms with Gasteiger partial charge < -0.3 is 4.98 Å². The fourth-order valence-electron chi connectivity index (χ4n) is 3.38. The van der Waals surface area contributed by atoms with Gasteiger partial charge in [-0.2, -0.15) is 0 Å². The fourth-order valence-corrected chi connectivity index (χ4v) is 4.92. The molecule has 1 atom stereocenters. The van der Waals surface area contributed by atoms with E-state index < -0.39 is 10.0 Å². The normalized spacial score (nSPS) is 17.8. The van der Waals surface area contributed by atoms with E-state index in [1.807, 2.05) is 12.1 Å². The Morgan fingerprint density at radius 1 is 1.08 bits per heavy atom. The molecule has 0 spiro atoms. The van der Waals surface area contributed by atoms with Crippen LogP contribution >= 0.6 is 15.9 Å². The van der Waals surface area contributed by atoms with Crippen molar-refractivity contribution in [2.24, 2.45) is 0 Å². The standard InChI is InChI=1S/C18H17BrN2O2S/c19-12-5-8-14(9-6-12)24(22,23)21-13-7-10-16-15-3-1-2-4-17(15)20-18(16)11-13/h1-6,8-9,13,20-21H,7,10-11H2. The van der Waals surface area contributed by atoms with Gasteiger partial charge in [0.05, 0.1) is 4.90 Å². The van der Waals surface area contributed by atoms with Gasteiger partial charge in [0, 0.05) is 33.5 Å². The first kappa shape index (κ1) is 15.9. The molecule has 6 heteroatoms. The Hall–Kier alpha value is -1.63. The topological polar surface area (TPSA) is 62.0 Å². The van der Waals surface area contributed by atoms with Crippen LogP contribution in [0.4, 0.5) is 0 Å². The zero-order valence-corrected chi connectivity index (χ0v) is 15.3. The minimum atomic E-state index is -3.49. The lowest BCUT2D eigenvalue weighted by Crippen LogP contribution is -2.38. The maximum absolute atomic E-state index is 12.6. The van der Waals surface area contributed by atoms with Crippen LogP contribution in [0.3, 0.4) is 0 Å². The van der Waals surface area contributed by atoms with Crippen molar-refractivity contribution in [3.63, 3.8) is 0 Å². The number of benzene rings is 2. The lowest BCUT2D eigenvalue weighted by Gasteiger charge is -2.23. The fraction of sp³-hybridized carbons (Fsp3) is 0.222. The van der Waals surface area contributed by atoms with Crippen molar-refractivity contribution in [1.29, 1.82) is 0 Å². The number of para-hydroxylation sites is 1. The summed E-state index contributed by atoms with van der Waals surface area (Å²) in [5, 5.41) is 1.25. The summed E-state index contributed by atoms with van der Waals surface area (Å²) in [4.78, 5) is 3.74. The third-order valence-corrected chi connectivity index (χ3v) is 6.61. The Bertz CT molecular complexity index is 994. The number of nitrogens with one attached hydrogen (secondary N) is 2. The largest absolute Gasteiger partial charge is 0.358 e. The number of aromatic amines is 1. The molecule has 124 valence electrons. The van der Waals surface area contributed by atoms with E-state index in [1.54, 1.807) is 24.3 Å². The smallest absolute Gasteiger partial charge is 0.240 e. The molecule has 0 aliphatic heterocycles. The molecule has 2 N–H and O–H groups in total. The summed E-state index contributed by atoms with van der Waals surface area (Å²) >= 11 is 3.33. The average Bonchev–Trinajstić information content (AvgIpc) is 2.92. The molecule has 24 heavy (non-hydrogen) atoms. The van der Waals surface area contributed by atoms with E-state index in [0.717, 1.165) is 28.5 Å². The number of rotatable bonds is 3. The average molecular weight is 405 g/mol. The van der Waals surface area contributed by atoms with Crippen molar-refractivity contribution in [2.45, 2.75) is 30.2 Å². The van der Waals surface area contributed by atoms with Gasteiger partial charge in [-0.1, -0.05) is 34.1 Å². The lowest BCUT2D eigenvalue weighted by atomic mass is 9.92. The number of halogens is 1. The molecule has 0 fully saturated rings. The number of fused-ring (bicyclic) bond motifs is 3. The van der Waals surface area contributed by atoms with Crippen LogP contribution < -0.4 is 4.72 Å². The monoisotopic (exact) mass is 404 g/mol. The van der Waals surface area contributed by atoms with Crippen molar-refractivity contribution >= 4 is 36.9 Å². The number of sulfonamides is 1. The number of H-pyrrole nitrogens is 1. The molecule has 1 heterocycles. The van der Waals surface area contributed by atoms with Crippen LogP contribution in [0.5, 0.6) is 0 Å². The summed E-state index contributed by atoms with van der Waals surface area (Å²) in [5.74, 6) is 0. The van der Waals surface area contributed by atoms with Crippen molar-refractivity contribution in [2.75, 3.05) is 0 Å². The second-order valence-electron chi connectivity index (χ2n) is 6.14. The highest BCUT2D eigenvalue weighted by molar-refractivity contribution is 9.10. The molecule has 1 aliphatic rings. The van der Waals surface area contributed by atoms with Crippen LogP contribution in [0, 0.1) is 0 Å². The summed E-state index contributed by atoms with van der Waals surface area (Å²) in [6.07, 6.45) is 2.39. The molecule has 1 unspecified atom stereocenters. The Morgan fingerprint density at radius 2 is 1.83 bits per heavy atom.